The van der Waals surface area contributed by atoms with Gasteiger partial charge in [0, 0.05) is 0 Å². The van der Waals surface area contributed by atoms with Crippen molar-refractivity contribution in [3.8, 4) is 0 Å². The van der Waals surface area contributed by atoms with Crippen molar-refractivity contribution in [3.05, 3.63) is 0 Å². The van der Waals surface area contributed by atoms with Gasteiger partial charge in [0.2, 0.25) is 0 Å². The van der Waals surface area contributed by atoms with Crippen LogP contribution in [0.1, 0.15) is 48.0 Å². The van der Waals surface area contributed by atoms with E-state index in [2.05, 4.69) is 4.74 Å². The summed E-state index contributed by atoms with van der Waals surface area (Å²) in [5.41, 5.74) is 0. The first kappa shape index (κ1) is 26.4. The number of rotatable bonds is 3. The monoisotopic (exact) mass is 296 g/mol. The summed E-state index contributed by atoms with van der Waals surface area (Å²) >= 11 is 0. The Balaban J connectivity index is -0.0000000922. The molecule has 18 heavy (non-hydrogen) atoms. The first-order valence-electron chi connectivity index (χ1n) is 5.60. The molecule has 5 nitrogen and oxygen atoms in total. The summed E-state index contributed by atoms with van der Waals surface area (Å²) in [6.45, 7) is 9.85. The van der Waals surface area contributed by atoms with Gasteiger partial charge in [-0.1, -0.05) is 27.7 Å². The van der Waals surface area contributed by atoms with Gasteiger partial charge in [-0.3, -0.25) is 9.59 Å². The van der Waals surface area contributed by atoms with E-state index in [1.807, 2.05) is 0 Å². The molecule has 6 heteroatoms. The first-order valence-corrected chi connectivity index (χ1v) is 5.60. The molecular formula is C12H24O5Ti. The van der Waals surface area contributed by atoms with Crippen LogP contribution in [0, 0.1) is 0 Å². The number of ether oxygens (including phenoxy) is 1. The van der Waals surface area contributed by atoms with Gasteiger partial charge < -0.3 is 14.9 Å². The summed E-state index contributed by atoms with van der Waals surface area (Å²) in [7, 11) is 0. The summed E-state index contributed by atoms with van der Waals surface area (Å²) in [6.07, 6.45) is -0.937. The predicted molar refractivity (Wildman–Crippen MR) is 62.2 cm³/mol. The first-order chi connectivity index (χ1) is 7.63. The Kier molecular flexibility index (Phi) is 28.0. The maximum Gasteiger partial charge on any atom is 2.00 e. The van der Waals surface area contributed by atoms with Crippen LogP contribution in [0.15, 0.2) is 0 Å². The molecular weight excluding hydrogens is 272 g/mol. The Morgan fingerprint density at radius 3 is 1.50 bits per heavy atom. The van der Waals surface area contributed by atoms with E-state index in [9.17, 15) is 19.8 Å². The standard InChI is InChI=1S/C6H10O3.2C3H7O.Ti/c1-3-9-6(8)4-5(2)7;2*1-3(2)4;/h3-4H2,1-2H3;2*3H,1-2H3;/q;2*-1;+2. The molecule has 0 aromatic heterocycles. The molecule has 0 fully saturated rings. The zero-order valence-electron chi connectivity index (χ0n) is 12.1. The van der Waals surface area contributed by atoms with Gasteiger partial charge in [-0.2, -0.15) is 0 Å². The van der Waals surface area contributed by atoms with Crippen molar-refractivity contribution in [1.29, 1.82) is 0 Å². The summed E-state index contributed by atoms with van der Waals surface area (Å²) in [6, 6.07) is 0. The quantitative estimate of drug-likeness (QED) is 0.416. The molecule has 0 atom stereocenters. The van der Waals surface area contributed by atoms with E-state index in [1.165, 1.54) is 6.92 Å². The molecule has 0 saturated heterocycles. The van der Waals surface area contributed by atoms with Gasteiger partial charge in [0.1, 0.15) is 12.2 Å². The van der Waals surface area contributed by atoms with Crippen molar-refractivity contribution in [2.45, 2.75) is 60.2 Å². The van der Waals surface area contributed by atoms with Crippen LogP contribution in [0.2, 0.25) is 0 Å². The van der Waals surface area contributed by atoms with Gasteiger partial charge >= 0.3 is 27.7 Å². The second-order valence-electron chi connectivity index (χ2n) is 3.78. The second-order valence-corrected chi connectivity index (χ2v) is 3.78. The minimum absolute atomic E-state index is 0. The number of ketones is 1. The van der Waals surface area contributed by atoms with E-state index in [1.54, 1.807) is 34.6 Å². The molecule has 0 aromatic carbocycles. The van der Waals surface area contributed by atoms with E-state index in [-0.39, 0.29) is 33.9 Å². The number of carbonyl (C=O) groups is 2. The summed E-state index contributed by atoms with van der Waals surface area (Å²) in [4.78, 5) is 20.6. The number of hydrogen-bond acceptors (Lipinski definition) is 5. The smallest absolute Gasteiger partial charge is 0.852 e. The Morgan fingerprint density at radius 2 is 1.33 bits per heavy atom. The molecule has 0 aliphatic rings. The van der Waals surface area contributed by atoms with Crippen LogP contribution in [-0.2, 0) is 36.0 Å². The van der Waals surface area contributed by atoms with Crippen LogP contribution in [0.3, 0.4) is 0 Å². The fraction of sp³-hybridized carbons (Fsp3) is 0.833. The third-order valence-corrected chi connectivity index (χ3v) is 0.699. The van der Waals surface area contributed by atoms with Crippen molar-refractivity contribution in [2.75, 3.05) is 6.61 Å². The topological polar surface area (TPSA) is 89.5 Å². The van der Waals surface area contributed by atoms with Gasteiger partial charge in [-0.25, -0.2) is 0 Å². The van der Waals surface area contributed by atoms with Crippen molar-refractivity contribution >= 4 is 11.8 Å². The van der Waals surface area contributed by atoms with Crippen LogP contribution < -0.4 is 10.2 Å². The van der Waals surface area contributed by atoms with E-state index < -0.39 is 18.2 Å². The van der Waals surface area contributed by atoms with Crippen LogP contribution in [-0.4, -0.2) is 30.6 Å². The van der Waals surface area contributed by atoms with Crippen molar-refractivity contribution in [3.63, 3.8) is 0 Å². The summed E-state index contributed by atoms with van der Waals surface area (Å²) in [5.74, 6) is -0.599. The molecule has 0 unspecified atom stereocenters. The third kappa shape index (κ3) is 75.0. The largest absolute Gasteiger partial charge is 2.00 e. The molecule has 0 radical (unpaired) electrons. The fourth-order valence-electron chi connectivity index (χ4n) is 0.415. The Hall–Kier alpha value is -0.226. The second kappa shape index (κ2) is 19.1. The van der Waals surface area contributed by atoms with E-state index in [0.29, 0.717) is 6.61 Å². The Bertz CT molecular complexity index is 181. The van der Waals surface area contributed by atoms with E-state index in [4.69, 9.17) is 0 Å². The molecule has 0 saturated carbocycles. The molecule has 0 heterocycles. The maximum atomic E-state index is 10.4. The van der Waals surface area contributed by atoms with Crippen LogP contribution >= 0.6 is 0 Å². The summed E-state index contributed by atoms with van der Waals surface area (Å²) < 4.78 is 4.49. The third-order valence-electron chi connectivity index (χ3n) is 0.699. The van der Waals surface area contributed by atoms with E-state index in [0.717, 1.165) is 0 Å². The fourth-order valence-corrected chi connectivity index (χ4v) is 0.415. The van der Waals surface area contributed by atoms with Crippen LogP contribution in [0.25, 0.3) is 0 Å². The number of esters is 1. The van der Waals surface area contributed by atoms with Gasteiger partial charge in [-0.15, -0.1) is 12.2 Å². The molecule has 0 rings (SSSR count). The molecule has 0 N–H and O–H groups in total. The average Bonchev–Trinajstić information content (AvgIpc) is 1.99. The van der Waals surface area contributed by atoms with Gasteiger partial charge in [0.15, 0.2) is 0 Å². The molecule has 0 amide bonds. The molecule has 0 spiro atoms. The SMILES string of the molecule is CC(C)[O-].CC(C)[O-].CCOC(=O)CC(C)=O.[Ti+2]. The van der Waals surface area contributed by atoms with Crippen molar-refractivity contribution in [1.82, 2.24) is 0 Å². The van der Waals surface area contributed by atoms with Crippen LogP contribution in [0.5, 0.6) is 0 Å². The Morgan fingerprint density at radius 1 is 1.06 bits per heavy atom. The Labute approximate surface area is 125 Å². The minimum atomic E-state index is -0.440. The molecule has 0 aliphatic heterocycles. The predicted octanol–water partition coefficient (Wildman–Crippen LogP) is 0.0363. The zero-order chi connectivity index (χ0) is 14.4. The summed E-state index contributed by atoms with van der Waals surface area (Å²) in [5, 5.41) is 19.1. The normalized spacial score (nSPS) is 8.33. The van der Waals surface area contributed by atoms with Crippen molar-refractivity contribution < 1.29 is 46.3 Å². The van der Waals surface area contributed by atoms with E-state index >= 15 is 0 Å². The maximum absolute atomic E-state index is 10.4. The number of Topliss-reactive ketones (excluding diaryl/α,β-unsaturated/α-hetero) is 1. The van der Waals surface area contributed by atoms with Crippen molar-refractivity contribution in [2.24, 2.45) is 0 Å². The van der Waals surface area contributed by atoms with Gasteiger partial charge in [0.25, 0.3) is 0 Å². The number of hydrogen-bond donors (Lipinski definition) is 0. The van der Waals surface area contributed by atoms with Gasteiger partial charge in [0.05, 0.1) is 6.61 Å². The minimum Gasteiger partial charge on any atom is -0.852 e. The molecule has 106 valence electrons. The molecule has 0 bridgehead atoms. The van der Waals surface area contributed by atoms with Gasteiger partial charge in [-0.05, 0) is 13.8 Å². The number of carbonyl (C=O) groups excluding carboxylic acids is 2. The molecule has 0 aliphatic carbocycles. The zero-order valence-corrected chi connectivity index (χ0v) is 13.7. The molecule has 0 aromatic rings. The average molecular weight is 296 g/mol. The van der Waals surface area contributed by atoms with Crippen LogP contribution in [0.4, 0.5) is 0 Å².